The van der Waals surface area contributed by atoms with Gasteiger partial charge in [0.2, 0.25) is 0 Å². The van der Waals surface area contributed by atoms with Crippen LogP contribution in [0.5, 0.6) is 0 Å². The molecule has 1 saturated heterocycles. The number of hydrogen-bond donors (Lipinski definition) is 1. The van der Waals surface area contributed by atoms with Gasteiger partial charge in [-0.05, 0) is 44.4 Å². The first-order chi connectivity index (χ1) is 9.61. The molecular weight excluding hydrogens is 244 g/mol. The van der Waals surface area contributed by atoms with Crippen LogP contribution in [0, 0.1) is 11.8 Å². The molecule has 118 valence electrons. The predicted octanol–water partition coefficient (Wildman–Crippen LogP) is 4.05. The quantitative estimate of drug-likeness (QED) is 0.817. The predicted molar refractivity (Wildman–Crippen MR) is 88.1 cm³/mol. The van der Waals surface area contributed by atoms with Gasteiger partial charge in [0.05, 0.1) is 0 Å². The van der Waals surface area contributed by atoms with Gasteiger partial charge in [-0.25, -0.2) is 0 Å². The molecule has 0 amide bonds. The molecule has 1 aliphatic carbocycles. The van der Waals surface area contributed by atoms with Gasteiger partial charge < -0.3 is 5.32 Å². The average Bonchev–Trinajstić information content (AvgIpc) is 2.46. The second kappa shape index (κ2) is 7.79. The van der Waals surface area contributed by atoms with Gasteiger partial charge in [0.1, 0.15) is 0 Å². The Morgan fingerprint density at radius 2 is 1.80 bits per heavy atom. The molecule has 0 spiro atoms. The molecule has 2 fully saturated rings. The minimum absolute atomic E-state index is 0.712. The lowest BCUT2D eigenvalue weighted by atomic mass is 9.81. The van der Waals surface area contributed by atoms with Crippen LogP contribution in [0.2, 0.25) is 0 Å². The summed E-state index contributed by atoms with van der Waals surface area (Å²) in [5.74, 6) is 1.75. The number of hydrogen-bond acceptors (Lipinski definition) is 2. The van der Waals surface area contributed by atoms with Crippen LogP contribution in [0.25, 0.3) is 0 Å². The minimum atomic E-state index is 0.712. The Hall–Kier alpha value is -0.0800. The first-order valence-corrected chi connectivity index (χ1v) is 9.11. The smallest absolute Gasteiger partial charge is 0.0252 e. The zero-order valence-corrected chi connectivity index (χ0v) is 14.2. The van der Waals surface area contributed by atoms with Crippen LogP contribution in [0.15, 0.2) is 0 Å². The maximum Gasteiger partial charge on any atom is 0.0252 e. The van der Waals surface area contributed by atoms with Crippen molar-refractivity contribution in [2.45, 2.75) is 90.8 Å². The number of rotatable bonds is 5. The van der Waals surface area contributed by atoms with Crippen LogP contribution >= 0.6 is 0 Å². The van der Waals surface area contributed by atoms with Gasteiger partial charge in [-0.1, -0.05) is 40.0 Å². The van der Waals surface area contributed by atoms with Crippen molar-refractivity contribution in [1.29, 1.82) is 0 Å². The van der Waals surface area contributed by atoms with Crippen LogP contribution in [0.4, 0.5) is 0 Å². The van der Waals surface area contributed by atoms with Crippen LogP contribution in [-0.2, 0) is 0 Å². The zero-order valence-electron chi connectivity index (χ0n) is 14.2. The zero-order chi connectivity index (χ0) is 14.5. The molecule has 0 radical (unpaired) electrons. The lowest BCUT2D eigenvalue weighted by molar-refractivity contribution is 0.0360. The standard InChI is InChI=1S/C18H36N2/c1-5-15(4)20-13-17(11-14(2)3)19-12-18(20)16-9-7-6-8-10-16/h14-19H,5-13H2,1-4H3. The molecule has 1 heterocycles. The first-order valence-electron chi connectivity index (χ1n) is 9.11. The number of nitrogens with zero attached hydrogens (tertiary/aromatic N) is 1. The highest BCUT2D eigenvalue weighted by molar-refractivity contribution is 4.93. The van der Waals surface area contributed by atoms with Crippen molar-refractivity contribution in [3.8, 4) is 0 Å². The Morgan fingerprint density at radius 3 is 2.40 bits per heavy atom. The van der Waals surface area contributed by atoms with E-state index in [0.29, 0.717) is 6.04 Å². The Labute approximate surface area is 126 Å². The molecule has 0 bridgehead atoms. The summed E-state index contributed by atoms with van der Waals surface area (Å²) < 4.78 is 0. The molecule has 1 saturated carbocycles. The summed E-state index contributed by atoms with van der Waals surface area (Å²) in [5.41, 5.74) is 0. The highest BCUT2D eigenvalue weighted by Crippen LogP contribution is 2.32. The van der Waals surface area contributed by atoms with E-state index in [4.69, 9.17) is 0 Å². The van der Waals surface area contributed by atoms with Crippen molar-refractivity contribution in [3.05, 3.63) is 0 Å². The summed E-state index contributed by atoms with van der Waals surface area (Å²) in [4.78, 5) is 2.86. The second-order valence-corrected chi connectivity index (χ2v) is 7.65. The van der Waals surface area contributed by atoms with Crippen LogP contribution in [0.1, 0.15) is 72.6 Å². The van der Waals surface area contributed by atoms with Gasteiger partial charge in [-0.15, -0.1) is 0 Å². The molecule has 2 heteroatoms. The first kappa shape index (κ1) is 16.3. The summed E-state index contributed by atoms with van der Waals surface area (Å²) in [6.45, 7) is 12.0. The van der Waals surface area contributed by atoms with Crippen LogP contribution in [0.3, 0.4) is 0 Å². The van der Waals surface area contributed by atoms with Gasteiger partial charge in [0.25, 0.3) is 0 Å². The van der Waals surface area contributed by atoms with Crippen molar-refractivity contribution in [2.75, 3.05) is 13.1 Å². The maximum atomic E-state index is 3.87. The fraction of sp³-hybridized carbons (Fsp3) is 1.00. The summed E-state index contributed by atoms with van der Waals surface area (Å²) in [7, 11) is 0. The summed E-state index contributed by atoms with van der Waals surface area (Å²) in [5, 5.41) is 3.87. The van der Waals surface area contributed by atoms with Gasteiger partial charge in [-0.3, -0.25) is 4.90 Å². The van der Waals surface area contributed by atoms with E-state index in [1.807, 2.05) is 0 Å². The number of nitrogens with one attached hydrogen (secondary N) is 1. The fourth-order valence-corrected chi connectivity index (χ4v) is 4.28. The van der Waals surface area contributed by atoms with Gasteiger partial charge in [-0.2, -0.15) is 0 Å². The molecule has 0 aromatic heterocycles. The highest BCUT2D eigenvalue weighted by Gasteiger charge is 2.35. The third-order valence-electron chi connectivity index (χ3n) is 5.58. The van der Waals surface area contributed by atoms with E-state index in [0.717, 1.165) is 23.9 Å². The summed E-state index contributed by atoms with van der Waals surface area (Å²) >= 11 is 0. The lowest BCUT2D eigenvalue weighted by Crippen LogP contribution is -2.61. The normalized spacial score (nSPS) is 31.6. The molecule has 0 aromatic rings. The van der Waals surface area contributed by atoms with Crippen molar-refractivity contribution < 1.29 is 0 Å². The molecule has 2 nitrogen and oxygen atoms in total. The summed E-state index contributed by atoms with van der Waals surface area (Å²) in [6.07, 6.45) is 9.94. The Balaban J connectivity index is 1.99. The molecule has 3 atom stereocenters. The van der Waals surface area contributed by atoms with Crippen molar-refractivity contribution >= 4 is 0 Å². The van der Waals surface area contributed by atoms with E-state index in [1.165, 1.54) is 58.0 Å². The molecule has 1 N–H and O–H groups in total. The van der Waals surface area contributed by atoms with Gasteiger partial charge >= 0.3 is 0 Å². The molecule has 3 unspecified atom stereocenters. The maximum absolute atomic E-state index is 3.87. The Kier molecular flexibility index (Phi) is 6.35. The molecule has 2 rings (SSSR count). The van der Waals surface area contributed by atoms with Gasteiger partial charge in [0.15, 0.2) is 0 Å². The van der Waals surface area contributed by atoms with Crippen molar-refractivity contribution in [2.24, 2.45) is 11.8 Å². The van der Waals surface area contributed by atoms with E-state index in [1.54, 1.807) is 0 Å². The monoisotopic (exact) mass is 280 g/mol. The lowest BCUT2D eigenvalue weighted by Gasteiger charge is -2.48. The van der Waals surface area contributed by atoms with E-state index in [2.05, 4.69) is 37.9 Å². The molecule has 2 aliphatic rings. The minimum Gasteiger partial charge on any atom is -0.311 e. The third kappa shape index (κ3) is 4.21. The van der Waals surface area contributed by atoms with Gasteiger partial charge in [0, 0.05) is 31.2 Å². The second-order valence-electron chi connectivity index (χ2n) is 7.65. The SMILES string of the molecule is CCC(C)N1CC(CC(C)C)NCC1C1CCCCC1. The molecule has 1 aliphatic heterocycles. The van der Waals surface area contributed by atoms with E-state index < -0.39 is 0 Å². The van der Waals surface area contributed by atoms with Crippen LogP contribution in [-0.4, -0.2) is 36.1 Å². The Morgan fingerprint density at radius 1 is 1.10 bits per heavy atom. The van der Waals surface area contributed by atoms with E-state index in [9.17, 15) is 0 Å². The molecule has 20 heavy (non-hydrogen) atoms. The topological polar surface area (TPSA) is 15.3 Å². The number of piperazine rings is 1. The summed E-state index contributed by atoms with van der Waals surface area (Å²) in [6, 6.07) is 2.26. The van der Waals surface area contributed by atoms with Crippen LogP contribution < -0.4 is 5.32 Å². The average molecular weight is 281 g/mol. The highest BCUT2D eigenvalue weighted by atomic mass is 15.3. The van der Waals surface area contributed by atoms with E-state index >= 15 is 0 Å². The Bertz CT molecular complexity index is 271. The fourth-order valence-electron chi connectivity index (χ4n) is 4.28. The molecule has 0 aromatic carbocycles. The van der Waals surface area contributed by atoms with Crippen molar-refractivity contribution in [1.82, 2.24) is 10.2 Å². The third-order valence-corrected chi connectivity index (χ3v) is 5.58. The van der Waals surface area contributed by atoms with Crippen molar-refractivity contribution in [3.63, 3.8) is 0 Å². The molecular formula is C18H36N2. The van der Waals surface area contributed by atoms with E-state index in [-0.39, 0.29) is 0 Å². The largest absolute Gasteiger partial charge is 0.311 e.